The van der Waals surface area contributed by atoms with Gasteiger partial charge < -0.3 is 19.3 Å². The van der Waals surface area contributed by atoms with Gasteiger partial charge in [0.05, 0.1) is 18.4 Å². The quantitative estimate of drug-likeness (QED) is 0.843. The number of carbonyl (C=O) groups excluding carboxylic acids is 2. The van der Waals surface area contributed by atoms with Crippen molar-refractivity contribution in [3.8, 4) is 5.75 Å². The first-order valence-electron chi connectivity index (χ1n) is 8.10. The van der Waals surface area contributed by atoms with Crippen molar-refractivity contribution < 1.29 is 19.1 Å². The zero-order valence-electron chi connectivity index (χ0n) is 13.4. The molecule has 2 heterocycles. The third-order valence-electron chi connectivity index (χ3n) is 4.30. The van der Waals surface area contributed by atoms with Gasteiger partial charge in [-0.1, -0.05) is 19.1 Å². The van der Waals surface area contributed by atoms with Crippen LogP contribution in [-0.4, -0.2) is 55.7 Å². The summed E-state index contributed by atoms with van der Waals surface area (Å²) >= 11 is 0. The molecule has 0 aliphatic carbocycles. The van der Waals surface area contributed by atoms with E-state index in [0.717, 1.165) is 12.1 Å². The van der Waals surface area contributed by atoms with Crippen LogP contribution in [0.3, 0.4) is 0 Å². The van der Waals surface area contributed by atoms with Crippen LogP contribution in [0.1, 0.15) is 19.8 Å². The second-order valence-electron chi connectivity index (χ2n) is 5.79. The molecule has 124 valence electrons. The average molecular weight is 318 g/mol. The Morgan fingerprint density at radius 3 is 3.00 bits per heavy atom. The van der Waals surface area contributed by atoms with Crippen molar-refractivity contribution in [1.82, 2.24) is 4.90 Å². The second-order valence-corrected chi connectivity index (χ2v) is 5.79. The monoisotopic (exact) mass is 318 g/mol. The van der Waals surface area contributed by atoms with E-state index >= 15 is 0 Å². The smallest absolute Gasteiger partial charge is 0.265 e. The van der Waals surface area contributed by atoms with Crippen LogP contribution in [0, 0.1) is 0 Å². The maximum Gasteiger partial charge on any atom is 0.265 e. The first-order valence-corrected chi connectivity index (χ1v) is 8.10. The predicted octanol–water partition coefficient (Wildman–Crippen LogP) is 1.44. The summed E-state index contributed by atoms with van der Waals surface area (Å²) in [5, 5.41) is 0. The van der Waals surface area contributed by atoms with Gasteiger partial charge in [-0.25, -0.2) is 0 Å². The van der Waals surface area contributed by atoms with E-state index in [1.807, 2.05) is 29.2 Å². The minimum atomic E-state index is -0.107. The molecule has 23 heavy (non-hydrogen) atoms. The number of nitrogens with zero attached hydrogens (tertiary/aromatic N) is 2. The molecule has 2 amide bonds. The summed E-state index contributed by atoms with van der Waals surface area (Å²) in [5.74, 6) is 0.658. The van der Waals surface area contributed by atoms with Crippen molar-refractivity contribution in [3.63, 3.8) is 0 Å². The fourth-order valence-electron chi connectivity index (χ4n) is 2.96. The highest BCUT2D eigenvalue weighted by Gasteiger charge is 2.27. The van der Waals surface area contributed by atoms with Crippen LogP contribution in [-0.2, 0) is 14.3 Å². The number of benzene rings is 1. The lowest BCUT2D eigenvalue weighted by molar-refractivity contribution is -0.138. The Bertz CT molecular complexity index is 590. The summed E-state index contributed by atoms with van der Waals surface area (Å²) in [6.07, 6.45) is 1.34. The number of hydrogen-bond acceptors (Lipinski definition) is 4. The summed E-state index contributed by atoms with van der Waals surface area (Å²) in [4.78, 5) is 28.0. The van der Waals surface area contributed by atoms with Crippen molar-refractivity contribution in [1.29, 1.82) is 0 Å². The topological polar surface area (TPSA) is 59.1 Å². The molecule has 0 N–H and O–H groups in total. The minimum Gasteiger partial charge on any atom is -0.482 e. The number of morpholine rings is 1. The number of para-hydroxylation sites is 2. The number of carbonyl (C=O) groups is 2. The van der Waals surface area contributed by atoms with Crippen LogP contribution in [0.15, 0.2) is 24.3 Å². The molecule has 0 bridgehead atoms. The van der Waals surface area contributed by atoms with E-state index in [4.69, 9.17) is 9.47 Å². The fourth-order valence-corrected chi connectivity index (χ4v) is 2.96. The standard InChI is InChI=1S/C17H22N2O4/c1-2-13-11-18(9-10-22-13)16(20)7-8-19-14-5-3-4-6-15(14)23-12-17(19)21/h3-6,13H,2,7-12H2,1H3/t13-/m0/s1. The molecule has 0 aromatic heterocycles. The third-order valence-corrected chi connectivity index (χ3v) is 4.30. The van der Waals surface area contributed by atoms with Gasteiger partial charge in [0, 0.05) is 26.1 Å². The third kappa shape index (κ3) is 3.47. The van der Waals surface area contributed by atoms with Crippen molar-refractivity contribution in [2.75, 3.05) is 37.7 Å². The Morgan fingerprint density at radius 2 is 2.17 bits per heavy atom. The lowest BCUT2D eigenvalue weighted by Crippen LogP contribution is -2.47. The Labute approximate surface area is 136 Å². The molecule has 1 fully saturated rings. The molecule has 6 heteroatoms. The normalized spacial score (nSPS) is 20.9. The lowest BCUT2D eigenvalue weighted by atomic mass is 10.2. The Balaban J connectivity index is 1.61. The molecular weight excluding hydrogens is 296 g/mol. The van der Waals surface area contributed by atoms with E-state index in [1.54, 1.807) is 4.90 Å². The molecule has 1 aromatic rings. The van der Waals surface area contributed by atoms with Gasteiger partial charge in [-0.05, 0) is 18.6 Å². The maximum absolute atomic E-state index is 12.4. The van der Waals surface area contributed by atoms with E-state index < -0.39 is 0 Å². The van der Waals surface area contributed by atoms with E-state index in [2.05, 4.69) is 6.92 Å². The number of ether oxygens (including phenoxy) is 2. The van der Waals surface area contributed by atoms with Crippen LogP contribution < -0.4 is 9.64 Å². The van der Waals surface area contributed by atoms with Gasteiger partial charge >= 0.3 is 0 Å². The molecule has 2 aliphatic rings. The largest absolute Gasteiger partial charge is 0.482 e. The van der Waals surface area contributed by atoms with E-state index in [1.165, 1.54) is 0 Å². The van der Waals surface area contributed by atoms with Gasteiger partial charge in [0.25, 0.3) is 5.91 Å². The van der Waals surface area contributed by atoms with E-state index in [9.17, 15) is 9.59 Å². The molecule has 0 unspecified atom stereocenters. The number of rotatable bonds is 4. The molecule has 1 atom stereocenters. The molecule has 0 saturated carbocycles. The summed E-state index contributed by atoms with van der Waals surface area (Å²) in [6, 6.07) is 7.42. The zero-order chi connectivity index (χ0) is 16.2. The minimum absolute atomic E-state index is 0.0284. The van der Waals surface area contributed by atoms with Gasteiger partial charge in [0.15, 0.2) is 6.61 Å². The van der Waals surface area contributed by atoms with Crippen molar-refractivity contribution in [2.24, 2.45) is 0 Å². The fraction of sp³-hybridized carbons (Fsp3) is 0.529. The summed E-state index contributed by atoms with van der Waals surface area (Å²) in [5.41, 5.74) is 0.741. The van der Waals surface area contributed by atoms with Crippen LogP contribution >= 0.6 is 0 Å². The SMILES string of the molecule is CC[C@H]1CN(C(=O)CCN2C(=O)COc3ccccc32)CCO1. The van der Waals surface area contributed by atoms with Crippen LogP contribution in [0.25, 0.3) is 0 Å². The highest BCUT2D eigenvalue weighted by Crippen LogP contribution is 2.31. The van der Waals surface area contributed by atoms with Crippen LogP contribution in [0.5, 0.6) is 5.75 Å². The van der Waals surface area contributed by atoms with Crippen molar-refractivity contribution in [2.45, 2.75) is 25.9 Å². The molecule has 1 saturated heterocycles. The molecule has 3 rings (SSSR count). The summed E-state index contributed by atoms with van der Waals surface area (Å²) in [7, 11) is 0. The zero-order valence-corrected chi connectivity index (χ0v) is 13.4. The maximum atomic E-state index is 12.4. The first kappa shape index (κ1) is 15.8. The summed E-state index contributed by atoms with van der Waals surface area (Å²) < 4.78 is 11.0. The van der Waals surface area contributed by atoms with Gasteiger partial charge in [0.2, 0.25) is 5.91 Å². The van der Waals surface area contributed by atoms with Crippen LogP contribution in [0.4, 0.5) is 5.69 Å². The Morgan fingerprint density at radius 1 is 1.35 bits per heavy atom. The van der Waals surface area contributed by atoms with E-state index in [0.29, 0.717) is 38.4 Å². The highest BCUT2D eigenvalue weighted by molar-refractivity contribution is 5.98. The predicted molar refractivity (Wildman–Crippen MR) is 85.5 cm³/mol. The molecule has 6 nitrogen and oxygen atoms in total. The Hall–Kier alpha value is -2.08. The number of fused-ring (bicyclic) bond motifs is 1. The molecule has 0 radical (unpaired) electrons. The van der Waals surface area contributed by atoms with Crippen molar-refractivity contribution in [3.05, 3.63) is 24.3 Å². The second kappa shape index (κ2) is 7.00. The number of amides is 2. The number of anilines is 1. The molecule has 1 aromatic carbocycles. The Kier molecular flexibility index (Phi) is 4.81. The average Bonchev–Trinajstić information content (AvgIpc) is 2.60. The molecular formula is C17H22N2O4. The van der Waals surface area contributed by atoms with Gasteiger partial charge in [-0.3, -0.25) is 9.59 Å². The lowest BCUT2D eigenvalue weighted by Gasteiger charge is -2.34. The highest BCUT2D eigenvalue weighted by atomic mass is 16.5. The molecule has 2 aliphatic heterocycles. The van der Waals surface area contributed by atoms with Gasteiger partial charge in [-0.15, -0.1) is 0 Å². The van der Waals surface area contributed by atoms with Crippen molar-refractivity contribution >= 4 is 17.5 Å². The molecule has 0 spiro atoms. The van der Waals surface area contributed by atoms with Gasteiger partial charge in [0.1, 0.15) is 5.75 Å². The van der Waals surface area contributed by atoms with E-state index in [-0.39, 0.29) is 24.5 Å². The summed E-state index contributed by atoms with van der Waals surface area (Å²) in [6.45, 7) is 4.32. The number of hydrogen-bond donors (Lipinski definition) is 0. The van der Waals surface area contributed by atoms with Crippen LogP contribution in [0.2, 0.25) is 0 Å². The first-order chi connectivity index (χ1) is 11.2. The van der Waals surface area contributed by atoms with Gasteiger partial charge in [-0.2, -0.15) is 0 Å².